The van der Waals surface area contributed by atoms with Crippen molar-refractivity contribution < 1.29 is 22.6 Å². The van der Waals surface area contributed by atoms with Crippen LogP contribution in [0.3, 0.4) is 0 Å². The number of alkyl halides is 3. The lowest BCUT2D eigenvalue weighted by Crippen LogP contribution is -2.22. The van der Waals surface area contributed by atoms with Gasteiger partial charge in [0.2, 0.25) is 0 Å². The third-order valence-corrected chi connectivity index (χ3v) is 5.67. The van der Waals surface area contributed by atoms with Gasteiger partial charge >= 0.3 is 6.18 Å². The molecule has 3 aromatic rings. The lowest BCUT2D eigenvalue weighted by atomic mass is 10.0. The normalized spacial score (nSPS) is 19.6. The molecule has 3 atom stereocenters. The molecule has 0 saturated carbocycles. The number of hydrogen-bond donors (Lipinski definition) is 2. The summed E-state index contributed by atoms with van der Waals surface area (Å²) in [5, 5.41) is 3.92. The van der Waals surface area contributed by atoms with Crippen LogP contribution in [-0.4, -0.2) is 22.2 Å². The van der Waals surface area contributed by atoms with Crippen LogP contribution < -0.4 is 20.5 Å². The molecule has 176 valence electrons. The summed E-state index contributed by atoms with van der Waals surface area (Å²) in [6, 6.07) is 6.71. The molecule has 0 bridgehead atoms. The number of rotatable bonds is 3. The Labute approximate surface area is 190 Å². The van der Waals surface area contributed by atoms with Gasteiger partial charge in [-0.2, -0.15) is 13.2 Å². The van der Waals surface area contributed by atoms with Crippen molar-refractivity contribution in [3.05, 3.63) is 47.3 Å². The maximum absolute atomic E-state index is 13.3. The standard InChI is InChI=1S/C24H27F3N4O2/c1-12-5-6-13(2)33-22-11-20-19(10-21(22)32-12)23(31-15(4)30-20)29-14(3)16-7-17(24(25,26)27)9-18(28)8-16/h7-14H,5-6,28H2,1-4H3,(H,29,30,31). The molecule has 4 rings (SSSR count). The fourth-order valence-corrected chi connectivity index (χ4v) is 3.95. The first-order valence-electron chi connectivity index (χ1n) is 10.9. The zero-order chi connectivity index (χ0) is 23.9. The summed E-state index contributed by atoms with van der Waals surface area (Å²) in [5.41, 5.74) is 6.07. The molecule has 0 spiro atoms. The molecule has 0 aliphatic carbocycles. The molecule has 6 nitrogen and oxygen atoms in total. The number of aromatic nitrogens is 2. The molecule has 0 radical (unpaired) electrons. The van der Waals surface area contributed by atoms with Gasteiger partial charge in [0.15, 0.2) is 11.5 Å². The van der Waals surface area contributed by atoms with Crippen LogP contribution in [0, 0.1) is 6.92 Å². The van der Waals surface area contributed by atoms with E-state index in [-0.39, 0.29) is 17.9 Å². The SMILES string of the molecule is Cc1nc(NC(C)c2cc(N)cc(C(F)(F)F)c2)c2cc3c(cc2n1)OC(C)CCC(C)O3. The third-order valence-electron chi connectivity index (χ3n) is 5.67. The summed E-state index contributed by atoms with van der Waals surface area (Å²) in [6.45, 7) is 7.55. The molecule has 0 saturated heterocycles. The number of fused-ring (bicyclic) bond motifs is 2. The minimum absolute atomic E-state index is 0.0160. The van der Waals surface area contributed by atoms with Crippen molar-refractivity contribution in [2.45, 2.75) is 65.0 Å². The van der Waals surface area contributed by atoms with Crippen LogP contribution in [0.5, 0.6) is 11.5 Å². The number of nitrogens with zero attached hydrogens (tertiary/aromatic N) is 2. The average Bonchev–Trinajstić information content (AvgIpc) is 2.71. The highest BCUT2D eigenvalue weighted by atomic mass is 19.4. The topological polar surface area (TPSA) is 82.3 Å². The Bertz CT molecular complexity index is 1180. The second-order valence-corrected chi connectivity index (χ2v) is 8.62. The molecule has 33 heavy (non-hydrogen) atoms. The summed E-state index contributed by atoms with van der Waals surface area (Å²) >= 11 is 0. The van der Waals surface area contributed by atoms with Gasteiger partial charge in [0.25, 0.3) is 0 Å². The van der Waals surface area contributed by atoms with Crippen molar-refractivity contribution in [2.75, 3.05) is 11.1 Å². The first-order valence-corrected chi connectivity index (χ1v) is 10.9. The minimum atomic E-state index is -4.48. The summed E-state index contributed by atoms with van der Waals surface area (Å²) in [7, 11) is 0. The van der Waals surface area contributed by atoms with E-state index in [1.165, 1.54) is 6.07 Å². The monoisotopic (exact) mass is 460 g/mol. The van der Waals surface area contributed by atoms with E-state index < -0.39 is 17.8 Å². The first-order chi connectivity index (χ1) is 15.5. The Morgan fingerprint density at radius 1 is 1.00 bits per heavy atom. The molecule has 3 N–H and O–H groups in total. The van der Waals surface area contributed by atoms with Crippen molar-refractivity contribution in [3.8, 4) is 11.5 Å². The molecule has 1 aliphatic heterocycles. The van der Waals surface area contributed by atoms with E-state index >= 15 is 0 Å². The Morgan fingerprint density at radius 3 is 2.27 bits per heavy atom. The number of benzene rings is 2. The maximum atomic E-state index is 13.3. The van der Waals surface area contributed by atoms with Gasteiger partial charge in [-0.3, -0.25) is 0 Å². The smallest absolute Gasteiger partial charge is 0.416 e. The number of anilines is 2. The van der Waals surface area contributed by atoms with Gasteiger partial charge in [-0.1, -0.05) is 0 Å². The van der Waals surface area contributed by atoms with Crippen molar-refractivity contribution in [1.29, 1.82) is 0 Å². The summed E-state index contributed by atoms with van der Waals surface area (Å²) < 4.78 is 51.9. The van der Waals surface area contributed by atoms with Crippen LogP contribution >= 0.6 is 0 Å². The van der Waals surface area contributed by atoms with Crippen LogP contribution in [0.25, 0.3) is 10.9 Å². The van der Waals surface area contributed by atoms with Crippen molar-refractivity contribution in [1.82, 2.24) is 9.97 Å². The van der Waals surface area contributed by atoms with Gasteiger partial charge in [-0.25, -0.2) is 9.97 Å². The van der Waals surface area contributed by atoms with Crippen LogP contribution in [-0.2, 0) is 6.18 Å². The van der Waals surface area contributed by atoms with E-state index in [2.05, 4.69) is 15.3 Å². The second-order valence-electron chi connectivity index (χ2n) is 8.62. The van der Waals surface area contributed by atoms with Gasteiger partial charge in [-0.05, 0) is 70.4 Å². The van der Waals surface area contributed by atoms with E-state index in [1.807, 2.05) is 26.0 Å². The summed E-state index contributed by atoms with van der Waals surface area (Å²) in [6.07, 6.45) is -2.68. The molecule has 2 aromatic carbocycles. The van der Waals surface area contributed by atoms with E-state index in [9.17, 15) is 13.2 Å². The minimum Gasteiger partial charge on any atom is -0.487 e. The highest BCUT2D eigenvalue weighted by molar-refractivity contribution is 5.92. The number of nitrogens with one attached hydrogen (secondary N) is 1. The number of nitrogen functional groups attached to an aromatic ring is 1. The molecule has 2 heterocycles. The quantitative estimate of drug-likeness (QED) is 0.464. The van der Waals surface area contributed by atoms with Crippen LogP contribution in [0.2, 0.25) is 0 Å². The number of aryl methyl sites for hydroxylation is 1. The van der Waals surface area contributed by atoms with Crippen LogP contribution in [0.15, 0.2) is 30.3 Å². The highest BCUT2D eigenvalue weighted by Gasteiger charge is 2.31. The lowest BCUT2D eigenvalue weighted by Gasteiger charge is -2.26. The Hall–Kier alpha value is -3.23. The molecule has 0 fully saturated rings. The van der Waals surface area contributed by atoms with E-state index in [1.54, 1.807) is 13.8 Å². The Kier molecular flexibility index (Phi) is 5.99. The third kappa shape index (κ3) is 5.07. The van der Waals surface area contributed by atoms with Crippen molar-refractivity contribution >= 4 is 22.4 Å². The number of ether oxygens (including phenoxy) is 2. The largest absolute Gasteiger partial charge is 0.487 e. The molecule has 3 unspecified atom stereocenters. The van der Waals surface area contributed by atoms with Gasteiger partial charge in [0.1, 0.15) is 11.6 Å². The summed E-state index contributed by atoms with van der Waals surface area (Å²) in [5.74, 6) is 2.22. The van der Waals surface area contributed by atoms with Crippen LogP contribution in [0.4, 0.5) is 24.7 Å². The fourth-order valence-electron chi connectivity index (χ4n) is 3.95. The average molecular weight is 461 g/mol. The number of halogens is 3. The van der Waals surface area contributed by atoms with E-state index in [4.69, 9.17) is 15.2 Å². The second kappa shape index (κ2) is 8.61. The van der Waals surface area contributed by atoms with Gasteiger partial charge in [0, 0.05) is 17.1 Å². The Morgan fingerprint density at radius 2 is 1.64 bits per heavy atom. The maximum Gasteiger partial charge on any atom is 0.416 e. The van der Waals surface area contributed by atoms with Crippen molar-refractivity contribution in [3.63, 3.8) is 0 Å². The predicted octanol–water partition coefficient (Wildman–Crippen LogP) is 6.04. The molecular weight excluding hydrogens is 433 g/mol. The van der Waals surface area contributed by atoms with Gasteiger partial charge in [0.05, 0.1) is 29.3 Å². The number of nitrogens with two attached hydrogens (primary N) is 1. The fraction of sp³-hybridized carbons (Fsp3) is 0.417. The molecular formula is C24H27F3N4O2. The molecule has 1 aliphatic rings. The zero-order valence-electron chi connectivity index (χ0n) is 19.0. The van der Waals surface area contributed by atoms with Crippen LogP contribution in [0.1, 0.15) is 56.6 Å². The zero-order valence-corrected chi connectivity index (χ0v) is 19.0. The Balaban J connectivity index is 1.74. The lowest BCUT2D eigenvalue weighted by molar-refractivity contribution is -0.137. The molecule has 1 aromatic heterocycles. The van der Waals surface area contributed by atoms with Gasteiger partial charge < -0.3 is 20.5 Å². The predicted molar refractivity (Wildman–Crippen MR) is 122 cm³/mol. The van der Waals surface area contributed by atoms with E-state index in [0.29, 0.717) is 39.6 Å². The van der Waals surface area contributed by atoms with Gasteiger partial charge in [-0.15, -0.1) is 0 Å². The molecule has 0 amide bonds. The number of hydrogen-bond acceptors (Lipinski definition) is 6. The van der Waals surface area contributed by atoms with Crippen molar-refractivity contribution in [2.24, 2.45) is 0 Å². The summed E-state index contributed by atoms with van der Waals surface area (Å²) in [4.78, 5) is 9.04. The molecule has 9 heteroatoms. The highest BCUT2D eigenvalue weighted by Crippen LogP contribution is 2.39. The first kappa shape index (κ1) is 22.9. The van der Waals surface area contributed by atoms with E-state index in [0.717, 1.165) is 25.0 Å².